The number of nitrogens with zero attached hydrogens (tertiary/aromatic N) is 5. The Labute approximate surface area is 208 Å². The van der Waals surface area contributed by atoms with E-state index in [-0.39, 0.29) is 11.8 Å². The first-order chi connectivity index (χ1) is 16.8. The molecule has 11 heteroatoms. The Kier molecular flexibility index (Phi) is 6.12. The average molecular weight is 512 g/mol. The number of fused-ring (bicyclic) bond motifs is 3. The third kappa shape index (κ3) is 4.44. The van der Waals surface area contributed by atoms with Crippen molar-refractivity contribution in [2.75, 3.05) is 18.8 Å². The maximum Gasteiger partial charge on any atom is 0.213 e. The number of rotatable bonds is 8. The number of nitrogens with one attached hydrogen (secondary N) is 2. The van der Waals surface area contributed by atoms with Crippen molar-refractivity contribution in [2.45, 2.75) is 26.4 Å². The first-order valence-electron chi connectivity index (χ1n) is 11.3. The summed E-state index contributed by atoms with van der Waals surface area (Å²) in [6.45, 7) is 4.97. The number of aromatic nitrogens is 4. The Hall–Kier alpha value is -3.21. The van der Waals surface area contributed by atoms with E-state index in [0.717, 1.165) is 33.8 Å². The second-order valence-electron chi connectivity index (χ2n) is 8.62. The molecule has 35 heavy (non-hydrogen) atoms. The summed E-state index contributed by atoms with van der Waals surface area (Å²) in [6, 6.07) is 13.6. The van der Waals surface area contributed by atoms with Gasteiger partial charge in [-0.15, -0.1) is 10.2 Å². The van der Waals surface area contributed by atoms with Crippen molar-refractivity contribution in [2.24, 2.45) is 0 Å². The molecular formula is C24H26ClN7O2S. The Morgan fingerprint density at radius 1 is 1.20 bits per heavy atom. The van der Waals surface area contributed by atoms with Crippen LogP contribution in [0.1, 0.15) is 24.0 Å². The minimum absolute atomic E-state index is 0.0389. The van der Waals surface area contributed by atoms with Crippen LogP contribution in [0.25, 0.3) is 16.7 Å². The topological polar surface area (TPSA) is 108 Å². The zero-order chi connectivity index (χ0) is 24.7. The number of halogens is 1. The highest BCUT2D eigenvalue weighted by molar-refractivity contribution is 7.89. The van der Waals surface area contributed by atoms with Gasteiger partial charge in [-0.2, -0.15) is 4.31 Å². The lowest BCUT2D eigenvalue weighted by molar-refractivity contribution is 0.243. The lowest BCUT2D eigenvalue weighted by atomic mass is 10.2. The van der Waals surface area contributed by atoms with E-state index in [4.69, 9.17) is 17.0 Å². The molecular weight excluding hydrogens is 486 g/mol. The van der Waals surface area contributed by atoms with Crippen molar-refractivity contribution in [3.63, 3.8) is 0 Å². The molecule has 4 aromatic rings. The Balaban J connectivity index is 1.44. The summed E-state index contributed by atoms with van der Waals surface area (Å²) in [6.07, 6.45) is 3.43. The summed E-state index contributed by atoms with van der Waals surface area (Å²) in [5, 5.41) is 21.1. The predicted octanol–water partition coefficient (Wildman–Crippen LogP) is 3.20. The summed E-state index contributed by atoms with van der Waals surface area (Å²) >= 11 is 6.22. The van der Waals surface area contributed by atoms with Gasteiger partial charge in [-0.3, -0.25) is 9.81 Å². The van der Waals surface area contributed by atoms with Crippen LogP contribution in [0.5, 0.6) is 0 Å². The van der Waals surface area contributed by atoms with E-state index in [0.29, 0.717) is 30.4 Å². The molecule has 4 heterocycles. The minimum atomic E-state index is -3.15. The van der Waals surface area contributed by atoms with E-state index in [2.05, 4.69) is 20.1 Å². The van der Waals surface area contributed by atoms with Gasteiger partial charge >= 0.3 is 0 Å². The first-order valence-corrected chi connectivity index (χ1v) is 13.3. The van der Waals surface area contributed by atoms with Crippen LogP contribution in [0.2, 0.25) is 5.02 Å². The van der Waals surface area contributed by atoms with Crippen molar-refractivity contribution >= 4 is 44.0 Å². The fraction of sp³-hybridized carbons (Fsp3) is 0.292. The van der Waals surface area contributed by atoms with E-state index in [1.54, 1.807) is 19.2 Å². The third-order valence-corrected chi connectivity index (χ3v) is 8.34. The molecule has 1 aliphatic heterocycles. The fourth-order valence-corrected chi connectivity index (χ4v) is 5.75. The number of benzene rings is 1. The highest BCUT2D eigenvalue weighted by atomic mass is 35.5. The third-order valence-electron chi connectivity index (χ3n) is 6.29. The quantitative estimate of drug-likeness (QED) is 0.353. The molecule has 0 spiro atoms. The van der Waals surface area contributed by atoms with Gasteiger partial charge in [0.1, 0.15) is 5.82 Å². The molecule has 3 aromatic heterocycles. The molecule has 0 bridgehead atoms. The fourth-order valence-electron chi connectivity index (χ4n) is 4.36. The van der Waals surface area contributed by atoms with Crippen LogP contribution in [-0.4, -0.2) is 62.5 Å². The van der Waals surface area contributed by atoms with Crippen LogP contribution in [0, 0.1) is 12.3 Å². The van der Waals surface area contributed by atoms with E-state index < -0.39 is 10.0 Å². The molecule has 1 saturated heterocycles. The molecule has 0 atom stereocenters. The van der Waals surface area contributed by atoms with Crippen LogP contribution in [0.4, 0.5) is 0 Å². The molecule has 0 radical (unpaired) electrons. The average Bonchev–Trinajstić information content (AvgIpc) is 3.35. The second-order valence-corrected chi connectivity index (χ2v) is 11.3. The van der Waals surface area contributed by atoms with Gasteiger partial charge in [-0.25, -0.2) is 8.42 Å². The van der Waals surface area contributed by atoms with Crippen molar-refractivity contribution in [1.82, 2.24) is 28.8 Å². The SMILES string of the molecule is CCS(=O)(=O)N1CC(N/C=C\C(=N)c2cc3c(ccc4nnc(C)n43)n2Cc2cccc(Cl)c2)C1. The summed E-state index contributed by atoms with van der Waals surface area (Å²) in [4.78, 5) is 0. The molecule has 0 amide bonds. The van der Waals surface area contributed by atoms with Gasteiger partial charge in [0.25, 0.3) is 0 Å². The molecule has 0 unspecified atom stereocenters. The van der Waals surface area contributed by atoms with Gasteiger partial charge in [-0.05, 0) is 62.0 Å². The highest BCUT2D eigenvalue weighted by Gasteiger charge is 2.33. The van der Waals surface area contributed by atoms with Crippen molar-refractivity contribution in [3.05, 3.63) is 76.8 Å². The van der Waals surface area contributed by atoms with Crippen LogP contribution in [-0.2, 0) is 16.6 Å². The van der Waals surface area contributed by atoms with E-state index in [1.807, 2.05) is 53.8 Å². The molecule has 2 N–H and O–H groups in total. The normalized spacial score (nSPS) is 15.3. The summed E-state index contributed by atoms with van der Waals surface area (Å²) in [5.74, 6) is 0.883. The smallest absolute Gasteiger partial charge is 0.213 e. The number of allylic oxidation sites excluding steroid dienone is 1. The molecule has 0 aliphatic carbocycles. The van der Waals surface area contributed by atoms with Crippen molar-refractivity contribution in [3.8, 4) is 0 Å². The number of hydrogen-bond acceptors (Lipinski definition) is 6. The molecule has 1 aromatic carbocycles. The van der Waals surface area contributed by atoms with Crippen LogP contribution >= 0.6 is 11.6 Å². The zero-order valence-electron chi connectivity index (χ0n) is 19.4. The number of pyridine rings is 1. The van der Waals surface area contributed by atoms with Crippen LogP contribution in [0.3, 0.4) is 0 Å². The Bertz CT molecular complexity index is 1570. The van der Waals surface area contributed by atoms with Gasteiger partial charge in [0, 0.05) is 24.7 Å². The number of sulfonamides is 1. The zero-order valence-corrected chi connectivity index (χ0v) is 21.0. The van der Waals surface area contributed by atoms with Crippen molar-refractivity contribution in [1.29, 1.82) is 5.41 Å². The Morgan fingerprint density at radius 2 is 2.00 bits per heavy atom. The predicted molar refractivity (Wildman–Crippen MR) is 138 cm³/mol. The van der Waals surface area contributed by atoms with Crippen LogP contribution < -0.4 is 5.32 Å². The van der Waals surface area contributed by atoms with Crippen molar-refractivity contribution < 1.29 is 8.42 Å². The van der Waals surface area contributed by atoms with Gasteiger partial charge in [-0.1, -0.05) is 23.7 Å². The summed E-state index contributed by atoms with van der Waals surface area (Å²) in [7, 11) is -3.15. The largest absolute Gasteiger partial charge is 0.385 e. The van der Waals surface area contributed by atoms with E-state index in [1.165, 1.54) is 4.31 Å². The number of aryl methyl sites for hydroxylation is 1. The lowest BCUT2D eigenvalue weighted by Gasteiger charge is -2.37. The standard InChI is InChI=1S/C24H26ClN7O2S/c1-3-35(33,34)30-14-19(15-30)27-10-9-20(26)22-12-23-21(7-8-24-29-28-16(2)32(23)24)31(22)13-17-5-4-6-18(25)11-17/h4-12,19,26-27H,3,13-15H2,1-2H3/b10-9-,26-20?. The molecule has 0 saturated carbocycles. The Morgan fingerprint density at radius 3 is 2.74 bits per heavy atom. The molecule has 9 nitrogen and oxygen atoms in total. The van der Waals surface area contributed by atoms with Gasteiger partial charge < -0.3 is 9.88 Å². The number of hydrogen-bond donors (Lipinski definition) is 2. The maximum atomic E-state index is 11.9. The molecule has 1 fully saturated rings. The molecule has 182 valence electrons. The first kappa shape index (κ1) is 23.5. The second kappa shape index (κ2) is 9.10. The summed E-state index contributed by atoms with van der Waals surface area (Å²) < 4.78 is 29.4. The van der Waals surface area contributed by atoms with Gasteiger partial charge in [0.15, 0.2) is 5.65 Å². The molecule has 1 aliphatic rings. The van der Waals surface area contributed by atoms with Crippen LogP contribution in [0.15, 0.2) is 54.7 Å². The lowest BCUT2D eigenvalue weighted by Crippen LogP contribution is -2.58. The van der Waals surface area contributed by atoms with E-state index in [9.17, 15) is 8.42 Å². The summed E-state index contributed by atoms with van der Waals surface area (Å²) in [5.41, 5.74) is 4.73. The van der Waals surface area contributed by atoms with E-state index >= 15 is 0 Å². The monoisotopic (exact) mass is 511 g/mol. The van der Waals surface area contributed by atoms with Gasteiger partial charge in [0.05, 0.1) is 34.2 Å². The minimum Gasteiger partial charge on any atom is -0.385 e. The maximum absolute atomic E-state index is 11.9. The highest BCUT2D eigenvalue weighted by Crippen LogP contribution is 2.25. The molecule has 5 rings (SSSR count). The van der Waals surface area contributed by atoms with Gasteiger partial charge in [0.2, 0.25) is 10.0 Å².